The molecule has 5 nitrogen and oxygen atoms in total. The number of carbonyl (C=O) groups is 1. The highest BCUT2D eigenvalue weighted by molar-refractivity contribution is 6.30. The van der Waals surface area contributed by atoms with Crippen molar-refractivity contribution in [3.63, 3.8) is 0 Å². The summed E-state index contributed by atoms with van der Waals surface area (Å²) in [5.41, 5.74) is 1.96. The first-order valence-corrected chi connectivity index (χ1v) is 9.49. The SMILES string of the molecule is CO[C@H](C(=O)NC[C@H](c1ccc(Cl)cc1)N1CCOCC1)c1ccccc1. The lowest BCUT2D eigenvalue weighted by atomic mass is 10.0. The van der Waals surface area contributed by atoms with Crippen LogP contribution in [0.2, 0.25) is 5.02 Å². The zero-order valence-electron chi connectivity index (χ0n) is 15.4. The summed E-state index contributed by atoms with van der Waals surface area (Å²) in [6.07, 6.45) is -0.623. The second kappa shape index (κ2) is 9.85. The predicted octanol–water partition coefficient (Wildman–Crippen LogP) is 3.22. The molecule has 1 aliphatic rings. The molecule has 2 aromatic carbocycles. The van der Waals surface area contributed by atoms with Gasteiger partial charge in [0.2, 0.25) is 0 Å². The van der Waals surface area contributed by atoms with E-state index in [-0.39, 0.29) is 11.9 Å². The fourth-order valence-corrected chi connectivity index (χ4v) is 3.47. The van der Waals surface area contributed by atoms with Crippen molar-refractivity contribution in [2.75, 3.05) is 40.0 Å². The molecule has 0 aliphatic carbocycles. The molecule has 1 amide bonds. The van der Waals surface area contributed by atoms with Crippen LogP contribution in [0.1, 0.15) is 23.3 Å². The molecule has 0 unspecified atom stereocenters. The van der Waals surface area contributed by atoms with Crippen molar-refractivity contribution in [3.05, 3.63) is 70.7 Å². The number of nitrogens with one attached hydrogen (secondary N) is 1. The normalized spacial score (nSPS) is 17.3. The molecule has 3 rings (SSSR count). The highest BCUT2D eigenvalue weighted by Crippen LogP contribution is 2.24. The third-order valence-corrected chi connectivity index (χ3v) is 5.04. The van der Waals surface area contributed by atoms with Gasteiger partial charge < -0.3 is 14.8 Å². The molecule has 0 spiro atoms. The molecular weight excluding hydrogens is 364 g/mol. The summed E-state index contributed by atoms with van der Waals surface area (Å²) in [6, 6.07) is 17.4. The molecule has 27 heavy (non-hydrogen) atoms. The van der Waals surface area contributed by atoms with Gasteiger partial charge in [0.05, 0.1) is 19.3 Å². The van der Waals surface area contributed by atoms with Crippen molar-refractivity contribution in [2.24, 2.45) is 0 Å². The smallest absolute Gasteiger partial charge is 0.253 e. The number of morpholine rings is 1. The van der Waals surface area contributed by atoms with Gasteiger partial charge in [0.25, 0.3) is 5.91 Å². The maximum atomic E-state index is 12.7. The van der Waals surface area contributed by atoms with Crippen LogP contribution in [0, 0.1) is 0 Å². The zero-order valence-corrected chi connectivity index (χ0v) is 16.2. The van der Waals surface area contributed by atoms with Gasteiger partial charge in [0, 0.05) is 31.8 Å². The molecule has 1 fully saturated rings. The molecule has 0 bridgehead atoms. The van der Waals surface area contributed by atoms with Gasteiger partial charge in [0.15, 0.2) is 6.10 Å². The van der Waals surface area contributed by atoms with Gasteiger partial charge in [-0.25, -0.2) is 0 Å². The van der Waals surface area contributed by atoms with E-state index < -0.39 is 6.10 Å². The van der Waals surface area contributed by atoms with Crippen LogP contribution < -0.4 is 5.32 Å². The van der Waals surface area contributed by atoms with Crippen molar-refractivity contribution >= 4 is 17.5 Å². The van der Waals surface area contributed by atoms with Crippen LogP contribution in [-0.2, 0) is 14.3 Å². The fraction of sp³-hybridized carbons (Fsp3) is 0.381. The number of amides is 1. The van der Waals surface area contributed by atoms with E-state index in [1.54, 1.807) is 7.11 Å². The summed E-state index contributed by atoms with van der Waals surface area (Å²) in [6.45, 7) is 3.55. The maximum absolute atomic E-state index is 12.7. The van der Waals surface area contributed by atoms with Gasteiger partial charge in [-0.2, -0.15) is 0 Å². The van der Waals surface area contributed by atoms with Crippen molar-refractivity contribution in [3.8, 4) is 0 Å². The number of hydrogen-bond acceptors (Lipinski definition) is 4. The lowest BCUT2D eigenvalue weighted by molar-refractivity contribution is -0.131. The molecule has 2 atom stereocenters. The lowest BCUT2D eigenvalue weighted by Crippen LogP contribution is -2.44. The van der Waals surface area contributed by atoms with E-state index in [1.165, 1.54) is 0 Å². The Morgan fingerprint density at radius 2 is 1.78 bits per heavy atom. The van der Waals surface area contributed by atoms with Gasteiger partial charge in [-0.1, -0.05) is 54.1 Å². The summed E-state index contributed by atoms with van der Waals surface area (Å²) in [4.78, 5) is 15.1. The number of ether oxygens (including phenoxy) is 2. The van der Waals surface area contributed by atoms with Crippen LogP contribution >= 0.6 is 11.6 Å². The third-order valence-electron chi connectivity index (χ3n) is 4.79. The second-order valence-electron chi connectivity index (χ2n) is 6.49. The summed E-state index contributed by atoms with van der Waals surface area (Å²) < 4.78 is 10.9. The van der Waals surface area contributed by atoms with E-state index in [0.717, 1.165) is 24.2 Å². The van der Waals surface area contributed by atoms with E-state index in [1.807, 2.05) is 54.6 Å². The third kappa shape index (κ3) is 5.30. The van der Waals surface area contributed by atoms with Crippen LogP contribution in [0.4, 0.5) is 0 Å². The Kier molecular flexibility index (Phi) is 7.24. The first-order chi connectivity index (χ1) is 13.2. The molecule has 1 heterocycles. The number of nitrogens with zero attached hydrogens (tertiary/aromatic N) is 1. The molecule has 1 aliphatic heterocycles. The molecule has 6 heteroatoms. The molecular formula is C21H25ClN2O3. The van der Waals surface area contributed by atoms with Crippen LogP contribution in [0.15, 0.2) is 54.6 Å². The minimum absolute atomic E-state index is 0.0587. The standard InChI is InChI=1S/C21H25ClN2O3/c1-26-20(17-5-3-2-4-6-17)21(25)23-15-19(24-11-13-27-14-12-24)16-7-9-18(22)10-8-16/h2-10,19-20H,11-15H2,1H3,(H,23,25)/t19-,20+/m1/s1. The Morgan fingerprint density at radius 1 is 1.11 bits per heavy atom. The highest BCUT2D eigenvalue weighted by Gasteiger charge is 2.25. The quantitative estimate of drug-likeness (QED) is 0.791. The van der Waals surface area contributed by atoms with E-state index in [2.05, 4.69) is 10.2 Å². The number of carbonyl (C=O) groups excluding carboxylic acids is 1. The van der Waals surface area contributed by atoms with Crippen LogP contribution in [0.5, 0.6) is 0 Å². The average Bonchev–Trinajstić information content (AvgIpc) is 2.71. The van der Waals surface area contributed by atoms with Gasteiger partial charge >= 0.3 is 0 Å². The Hall–Kier alpha value is -1.92. The van der Waals surface area contributed by atoms with Crippen molar-refractivity contribution in [1.82, 2.24) is 10.2 Å². The van der Waals surface area contributed by atoms with Crippen LogP contribution in [-0.4, -0.2) is 50.8 Å². The van der Waals surface area contributed by atoms with E-state index in [9.17, 15) is 4.79 Å². The van der Waals surface area contributed by atoms with Gasteiger partial charge in [0.1, 0.15) is 0 Å². The molecule has 1 saturated heterocycles. The maximum Gasteiger partial charge on any atom is 0.253 e. The summed E-state index contributed by atoms with van der Waals surface area (Å²) in [7, 11) is 1.55. The minimum atomic E-state index is -0.623. The van der Waals surface area contributed by atoms with Gasteiger partial charge in [-0.05, 0) is 23.3 Å². The first kappa shape index (κ1) is 19.8. The predicted molar refractivity (Wildman–Crippen MR) is 106 cm³/mol. The molecule has 0 aromatic heterocycles. The highest BCUT2D eigenvalue weighted by atomic mass is 35.5. The molecule has 144 valence electrons. The van der Waals surface area contributed by atoms with E-state index >= 15 is 0 Å². The number of halogens is 1. The number of hydrogen-bond donors (Lipinski definition) is 1. The average molecular weight is 389 g/mol. The summed E-state index contributed by atoms with van der Waals surface area (Å²) in [5, 5.41) is 3.76. The number of benzene rings is 2. The number of rotatable bonds is 7. The Morgan fingerprint density at radius 3 is 2.41 bits per heavy atom. The molecule has 0 radical (unpaired) electrons. The Labute approximate surface area is 165 Å². The van der Waals surface area contributed by atoms with Gasteiger partial charge in [-0.3, -0.25) is 9.69 Å². The summed E-state index contributed by atoms with van der Waals surface area (Å²) in [5.74, 6) is -0.143. The lowest BCUT2D eigenvalue weighted by Gasteiger charge is -2.35. The Bertz CT molecular complexity index is 718. The first-order valence-electron chi connectivity index (χ1n) is 9.11. The van der Waals surface area contributed by atoms with Crippen LogP contribution in [0.3, 0.4) is 0 Å². The molecule has 2 aromatic rings. The monoisotopic (exact) mass is 388 g/mol. The zero-order chi connectivity index (χ0) is 19.1. The van der Waals surface area contributed by atoms with Crippen molar-refractivity contribution in [2.45, 2.75) is 12.1 Å². The fourth-order valence-electron chi connectivity index (χ4n) is 3.34. The minimum Gasteiger partial charge on any atom is -0.379 e. The second-order valence-corrected chi connectivity index (χ2v) is 6.92. The van der Waals surface area contributed by atoms with E-state index in [4.69, 9.17) is 21.1 Å². The van der Waals surface area contributed by atoms with Gasteiger partial charge in [-0.15, -0.1) is 0 Å². The Balaban J connectivity index is 1.71. The van der Waals surface area contributed by atoms with Crippen LogP contribution in [0.25, 0.3) is 0 Å². The molecule has 1 N–H and O–H groups in total. The van der Waals surface area contributed by atoms with E-state index in [0.29, 0.717) is 24.8 Å². The summed E-state index contributed by atoms with van der Waals surface area (Å²) >= 11 is 6.04. The largest absolute Gasteiger partial charge is 0.379 e. The molecule has 0 saturated carbocycles. The van der Waals surface area contributed by atoms with Crippen molar-refractivity contribution < 1.29 is 14.3 Å². The number of methoxy groups -OCH3 is 1. The van der Waals surface area contributed by atoms with Crippen molar-refractivity contribution in [1.29, 1.82) is 0 Å². The topological polar surface area (TPSA) is 50.8 Å².